The zero-order chi connectivity index (χ0) is 19.1. The van der Waals surface area contributed by atoms with Gasteiger partial charge in [0.1, 0.15) is 0 Å². The van der Waals surface area contributed by atoms with E-state index in [1.165, 1.54) is 16.8 Å². The van der Waals surface area contributed by atoms with E-state index in [2.05, 4.69) is 67.1 Å². The van der Waals surface area contributed by atoms with Gasteiger partial charge in [0.05, 0.1) is 6.54 Å². The second-order valence-corrected chi connectivity index (χ2v) is 6.80. The molecule has 3 nitrogen and oxygen atoms in total. The highest BCUT2D eigenvalue weighted by Crippen LogP contribution is 2.25. The van der Waals surface area contributed by atoms with Crippen LogP contribution in [-0.4, -0.2) is 21.9 Å². The molecular formula is C23H30N2O. The molecule has 0 saturated heterocycles. The van der Waals surface area contributed by atoms with Crippen molar-refractivity contribution in [2.24, 2.45) is 0 Å². The van der Waals surface area contributed by atoms with Gasteiger partial charge in [-0.25, -0.2) is 0 Å². The molecule has 1 aromatic carbocycles. The first-order valence-electron chi connectivity index (χ1n) is 9.26. The molecule has 138 valence electrons. The lowest BCUT2D eigenvalue weighted by Crippen LogP contribution is -2.28. The van der Waals surface area contributed by atoms with Gasteiger partial charge in [-0.1, -0.05) is 56.3 Å². The van der Waals surface area contributed by atoms with E-state index in [0.29, 0.717) is 19.0 Å². The number of fused-ring (bicyclic) bond motifs is 1. The van der Waals surface area contributed by atoms with Crippen molar-refractivity contribution in [2.45, 2.75) is 47.1 Å². The molecule has 0 fully saturated rings. The number of carbonyl (C=O) groups is 1. The number of rotatable bonds is 1. The first kappa shape index (κ1) is 19.8. The highest BCUT2D eigenvalue weighted by Gasteiger charge is 2.21. The molecule has 0 spiro atoms. The molecule has 1 amide bonds. The van der Waals surface area contributed by atoms with E-state index in [0.717, 1.165) is 5.69 Å². The molecule has 1 aromatic heterocycles. The predicted molar refractivity (Wildman–Crippen MR) is 110 cm³/mol. The van der Waals surface area contributed by atoms with E-state index in [1.807, 2.05) is 30.9 Å². The average Bonchev–Trinajstić information content (AvgIpc) is 3.03. The number of hydrogen-bond donors (Lipinski definition) is 0. The Morgan fingerprint density at radius 2 is 1.69 bits per heavy atom. The van der Waals surface area contributed by atoms with Crippen molar-refractivity contribution in [1.29, 1.82) is 0 Å². The van der Waals surface area contributed by atoms with Gasteiger partial charge >= 0.3 is 0 Å². The fourth-order valence-corrected chi connectivity index (χ4v) is 3.10. The summed E-state index contributed by atoms with van der Waals surface area (Å²) in [5.74, 6) is 0.778. The highest BCUT2D eigenvalue weighted by molar-refractivity contribution is 5.76. The Bertz CT molecular complexity index is 782. The molecule has 2 aromatic rings. The fourth-order valence-electron chi connectivity index (χ4n) is 3.10. The summed E-state index contributed by atoms with van der Waals surface area (Å²) < 4.78 is 2.16. The Kier molecular flexibility index (Phi) is 7.02. The van der Waals surface area contributed by atoms with Gasteiger partial charge in [-0.3, -0.25) is 4.79 Å². The molecule has 1 aliphatic rings. The smallest absolute Gasteiger partial charge is 0.220 e. The lowest BCUT2D eigenvalue weighted by Gasteiger charge is -2.18. The number of carbonyl (C=O) groups excluding carboxylic acids is 1. The fraction of sp³-hybridized carbons (Fsp3) is 0.348. The van der Waals surface area contributed by atoms with Crippen LogP contribution in [0.1, 0.15) is 51.8 Å². The predicted octanol–water partition coefficient (Wildman–Crippen LogP) is 5.47. The molecule has 0 saturated carbocycles. The van der Waals surface area contributed by atoms with Crippen molar-refractivity contribution in [1.82, 2.24) is 9.47 Å². The topological polar surface area (TPSA) is 25.2 Å². The van der Waals surface area contributed by atoms with Gasteiger partial charge < -0.3 is 9.47 Å². The Morgan fingerprint density at radius 3 is 2.19 bits per heavy atom. The van der Waals surface area contributed by atoms with Crippen LogP contribution >= 0.6 is 0 Å². The maximum Gasteiger partial charge on any atom is 0.220 e. The van der Waals surface area contributed by atoms with E-state index in [1.54, 1.807) is 6.92 Å². The third-order valence-corrected chi connectivity index (χ3v) is 4.67. The van der Waals surface area contributed by atoms with E-state index in [-0.39, 0.29) is 5.91 Å². The van der Waals surface area contributed by atoms with Crippen LogP contribution in [-0.2, 0) is 11.3 Å². The van der Waals surface area contributed by atoms with Crippen LogP contribution in [0.5, 0.6) is 0 Å². The van der Waals surface area contributed by atoms with Crippen molar-refractivity contribution in [3.8, 4) is 0 Å². The second-order valence-electron chi connectivity index (χ2n) is 6.80. The normalized spacial score (nSPS) is 16.9. The molecule has 2 heterocycles. The number of allylic oxidation sites excluding steroid dienone is 2. The summed E-state index contributed by atoms with van der Waals surface area (Å²) in [4.78, 5) is 13.5. The van der Waals surface area contributed by atoms with Gasteiger partial charge in [0.25, 0.3) is 0 Å². The monoisotopic (exact) mass is 350 g/mol. The molecule has 0 aliphatic carbocycles. The van der Waals surface area contributed by atoms with Crippen LogP contribution in [0, 0.1) is 0 Å². The number of hydrogen-bond acceptors (Lipinski definition) is 1. The maximum atomic E-state index is 11.6. The van der Waals surface area contributed by atoms with Gasteiger partial charge in [-0.05, 0) is 43.0 Å². The second kappa shape index (κ2) is 9.23. The van der Waals surface area contributed by atoms with Crippen LogP contribution in [0.25, 0.3) is 5.70 Å². The van der Waals surface area contributed by atoms with Crippen molar-refractivity contribution < 1.29 is 4.79 Å². The molecule has 0 atom stereocenters. The highest BCUT2D eigenvalue weighted by atomic mass is 16.2. The standard InChI is InChI=1S/C14H18N2O.C9H12/c1-4-12-9-15(11(3)17)10-13-7-6-8-16(13)14(12)5-2;1-8(2)9-6-4-3-5-7-9/h4-8H,9-10H2,1-3H3;3-8H,1-2H3/b12-4-,14-5+;. The summed E-state index contributed by atoms with van der Waals surface area (Å²) in [5.41, 5.74) is 4.94. The number of amides is 1. The Labute approximate surface area is 157 Å². The van der Waals surface area contributed by atoms with Crippen LogP contribution in [0.2, 0.25) is 0 Å². The molecule has 3 rings (SSSR count). The molecular weight excluding hydrogens is 320 g/mol. The van der Waals surface area contributed by atoms with Crippen LogP contribution in [0.15, 0.2) is 66.4 Å². The zero-order valence-electron chi connectivity index (χ0n) is 16.6. The van der Waals surface area contributed by atoms with Gasteiger partial charge in [0, 0.05) is 31.1 Å². The van der Waals surface area contributed by atoms with E-state index < -0.39 is 0 Å². The lowest BCUT2D eigenvalue weighted by atomic mass is 10.0. The molecule has 0 N–H and O–H groups in total. The summed E-state index contributed by atoms with van der Waals surface area (Å²) in [5, 5.41) is 0. The van der Waals surface area contributed by atoms with Gasteiger partial charge in [0.2, 0.25) is 5.91 Å². The van der Waals surface area contributed by atoms with Crippen molar-refractivity contribution in [3.05, 3.63) is 77.6 Å². The largest absolute Gasteiger partial charge is 0.333 e. The third-order valence-electron chi connectivity index (χ3n) is 4.67. The van der Waals surface area contributed by atoms with Crippen LogP contribution in [0.3, 0.4) is 0 Å². The number of nitrogens with zero attached hydrogens (tertiary/aromatic N) is 2. The van der Waals surface area contributed by atoms with Gasteiger partial charge in [0.15, 0.2) is 0 Å². The van der Waals surface area contributed by atoms with Crippen LogP contribution in [0.4, 0.5) is 0 Å². The summed E-state index contributed by atoms with van der Waals surface area (Å²) in [6.07, 6.45) is 6.24. The summed E-state index contributed by atoms with van der Waals surface area (Å²) in [6.45, 7) is 11.5. The number of aromatic nitrogens is 1. The Balaban J connectivity index is 0.000000228. The minimum atomic E-state index is 0.120. The Morgan fingerprint density at radius 1 is 1.00 bits per heavy atom. The molecule has 3 heteroatoms. The van der Waals surface area contributed by atoms with E-state index in [4.69, 9.17) is 0 Å². The average molecular weight is 351 g/mol. The molecule has 1 aliphatic heterocycles. The minimum absolute atomic E-state index is 0.120. The maximum absolute atomic E-state index is 11.6. The first-order chi connectivity index (χ1) is 12.5. The van der Waals surface area contributed by atoms with E-state index in [9.17, 15) is 4.79 Å². The Hall–Kier alpha value is -2.55. The first-order valence-corrected chi connectivity index (χ1v) is 9.26. The quantitative estimate of drug-likeness (QED) is 0.670. The summed E-state index contributed by atoms with van der Waals surface area (Å²) in [7, 11) is 0. The van der Waals surface area contributed by atoms with Crippen molar-refractivity contribution >= 4 is 11.6 Å². The van der Waals surface area contributed by atoms with Crippen molar-refractivity contribution in [2.75, 3.05) is 6.54 Å². The van der Waals surface area contributed by atoms with Gasteiger partial charge in [-0.15, -0.1) is 0 Å². The van der Waals surface area contributed by atoms with E-state index >= 15 is 0 Å². The molecule has 0 radical (unpaired) electrons. The molecule has 26 heavy (non-hydrogen) atoms. The van der Waals surface area contributed by atoms with Crippen molar-refractivity contribution in [3.63, 3.8) is 0 Å². The lowest BCUT2D eigenvalue weighted by molar-refractivity contribution is -0.128. The number of benzene rings is 1. The van der Waals surface area contributed by atoms with Gasteiger partial charge in [-0.2, -0.15) is 0 Å². The zero-order valence-corrected chi connectivity index (χ0v) is 16.6. The molecule has 0 bridgehead atoms. The third kappa shape index (κ3) is 4.75. The molecule has 0 unspecified atom stereocenters. The summed E-state index contributed by atoms with van der Waals surface area (Å²) >= 11 is 0. The SMILES string of the molecule is C/C=C1/CN(C(C)=O)Cc2cccn2/C1=C/C.CC(C)c1ccccc1. The summed E-state index contributed by atoms with van der Waals surface area (Å²) in [6, 6.07) is 14.6. The minimum Gasteiger partial charge on any atom is -0.333 e. The van der Waals surface area contributed by atoms with Crippen LogP contribution < -0.4 is 0 Å².